The second-order valence-electron chi connectivity index (χ2n) is 4.94. The molecule has 3 saturated carbocycles. The van der Waals surface area contributed by atoms with Crippen molar-refractivity contribution in [2.45, 2.75) is 50.0 Å². The number of hydrogen-bond acceptors (Lipinski definition) is 1. The molecule has 0 aromatic rings. The molecule has 1 nitrogen and oxygen atoms in total. The Morgan fingerprint density at radius 1 is 1.08 bits per heavy atom. The first-order valence-electron chi connectivity index (χ1n) is 5.03. The molecule has 0 heterocycles. The van der Waals surface area contributed by atoms with Gasteiger partial charge in [0.25, 0.3) is 0 Å². The lowest BCUT2D eigenvalue weighted by Crippen LogP contribution is -2.12. The van der Waals surface area contributed by atoms with Crippen molar-refractivity contribution in [3.05, 3.63) is 0 Å². The summed E-state index contributed by atoms with van der Waals surface area (Å²) in [5, 5.41) is 10.0. The number of rotatable bonds is 0. The summed E-state index contributed by atoms with van der Waals surface area (Å²) < 4.78 is 0. The summed E-state index contributed by atoms with van der Waals surface area (Å²) in [4.78, 5) is 0. The molecule has 3 fully saturated rings. The van der Waals surface area contributed by atoms with Crippen LogP contribution in [0.4, 0.5) is 0 Å². The summed E-state index contributed by atoms with van der Waals surface area (Å²) in [6, 6.07) is 0. The van der Waals surface area contributed by atoms with Crippen LogP contribution in [0.15, 0.2) is 0 Å². The van der Waals surface area contributed by atoms with E-state index in [1.54, 1.807) is 0 Å². The van der Waals surface area contributed by atoms with Gasteiger partial charge in [-0.25, -0.2) is 0 Å². The Bertz CT molecular complexity index is 208. The quantitative estimate of drug-likeness (QED) is 0.576. The highest BCUT2D eigenvalue weighted by Crippen LogP contribution is 2.81. The third kappa shape index (κ3) is 0.599. The van der Waals surface area contributed by atoms with Crippen molar-refractivity contribution >= 4 is 11.6 Å². The van der Waals surface area contributed by atoms with Gasteiger partial charge in [0, 0.05) is 5.38 Å². The summed E-state index contributed by atoms with van der Waals surface area (Å²) in [6.07, 6.45) is 7.15. The monoisotopic (exact) mass is 186 g/mol. The molecule has 0 aromatic carbocycles. The van der Waals surface area contributed by atoms with Crippen molar-refractivity contribution < 1.29 is 5.11 Å². The van der Waals surface area contributed by atoms with Gasteiger partial charge in [-0.3, -0.25) is 0 Å². The maximum absolute atomic E-state index is 9.61. The largest absolute Gasteiger partial charge is 0.393 e. The zero-order chi connectivity index (χ0) is 8.40. The topological polar surface area (TPSA) is 20.2 Å². The van der Waals surface area contributed by atoms with Crippen LogP contribution in [-0.2, 0) is 0 Å². The molecule has 3 rings (SSSR count). The van der Waals surface area contributed by atoms with Crippen LogP contribution in [0.3, 0.4) is 0 Å². The van der Waals surface area contributed by atoms with Crippen molar-refractivity contribution in [3.8, 4) is 0 Å². The second kappa shape index (κ2) is 2.01. The molecule has 0 spiro atoms. The zero-order valence-corrected chi connectivity index (χ0v) is 7.98. The van der Waals surface area contributed by atoms with Crippen molar-refractivity contribution in [2.75, 3.05) is 0 Å². The Labute approximate surface area is 78.1 Å². The fourth-order valence-corrected chi connectivity index (χ4v) is 4.81. The number of hydrogen-bond donors (Lipinski definition) is 1. The first kappa shape index (κ1) is 7.64. The SMILES string of the molecule is OC1CC23CCCCC2(C1)C3Cl. The molecule has 2 unspecified atom stereocenters. The minimum absolute atomic E-state index is 0.0434. The van der Waals surface area contributed by atoms with Gasteiger partial charge in [0.15, 0.2) is 0 Å². The molecule has 2 atom stereocenters. The highest BCUT2D eigenvalue weighted by Gasteiger charge is 2.79. The molecule has 0 amide bonds. The van der Waals surface area contributed by atoms with E-state index >= 15 is 0 Å². The smallest absolute Gasteiger partial charge is 0.0552 e. The van der Waals surface area contributed by atoms with Crippen LogP contribution in [0.25, 0.3) is 0 Å². The van der Waals surface area contributed by atoms with E-state index in [1.165, 1.54) is 25.7 Å². The van der Waals surface area contributed by atoms with Crippen molar-refractivity contribution in [2.24, 2.45) is 10.8 Å². The van der Waals surface area contributed by atoms with E-state index in [0.717, 1.165) is 12.8 Å². The van der Waals surface area contributed by atoms with Crippen LogP contribution >= 0.6 is 11.6 Å². The minimum Gasteiger partial charge on any atom is -0.393 e. The average molecular weight is 187 g/mol. The molecule has 1 N–H and O–H groups in total. The Balaban J connectivity index is 1.96. The normalized spacial score (nSPS) is 62.5. The van der Waals surface area contributed by atoms with Gasteiger partial charge < -0.3 is 5.11 Å². The lowest BCUT2D eigenvalue weighted by Gasteiger charge is -2.22. The molecule has 0 aromatic heterocycles. The number of halogens is 1. The molecule has 12 heavy (non-hydrogen) atoms. The van der Waals surface area contributed by atoms with Gasteiger partial charge >= 0.3 is 0 Å². The zero-order valence-electron chi connectivity index (χ0n) is 7.22. The Kier molecular flexibility index (Phi) is 1.28. The van der Waals surface area contributed by atoms with E-state index in [4.69, 9.17) is 11.6 Å². The standard InChI is InChI=1S/C10H15ClO/c11-8-9-3-1-2-4-10(8,9)6-7(12)5-9/h7-8,12H,1-6H2. The Morgan fingerprint density at radius 2 is 1.58 bits per heavy atom. The molecule has 0 aliphatic heterocycles. The first-order chi connectivity index (χ1) is 5.71. The van der Waals surface area contributed by atoms with E-state index in [1.807, 2.05) is 0 Å². The molecule has 3 aliphatic rings. The molecule has 68 valence electrons. The van der Waals surface area contributed by atoms with Gasteiger partial charge in [0.05, 0.1) is 6.10 Å². The molecular weight excluding hydrogens is 172 g/mol. The molecule has 0 radical (unpaired) electrons. The van der Waals surface area contributed by atoms with Gasteiger partial charge in [0.1, 0.15) is 0 Å². The van der Waals surface area contributed by atoms with Gasteiger partial charge in [-0.1, -0.05) is 12.8 Å². The van der Waals surface area contributed by atoms with E-state index in [0.29, 0.717) is 16.2 Å². The summed E-state index contributed by atoms with van der Waals surface area (Å²) >= 11 is 6.36. The van der Waals surface area contributed by atoms with Gasteiger partial charge in [-0.15, -0.1) is 11.6 Å². The fraction of sp³-hybridized carbons (Fsp3) is 1.00. The van der Waals surface area contributed by atoms with Gasteiger partial charge in [-0.2, -0.15) is 0 Å². The number of aliphatic hydroxyl groups is 1. The maximum atomic E-state index is 9.61. The van der Waals surface area contributed by atoms with Crippen LogP contribution in [0.2, 0.25) is 0 Å². The molecular formula is C10H15ClO. The third-order valence-electron chi connectivity index (χ3n) is 4.57. The van der Waals surface area contributed by atoms with Gasteiger partial charge in [0.2, 0.25) is 0 Å². The Hall–Kier alpha value is 0.250. The predicted octanol–water partition coefficient (Wildman–Crippen LogP) is 2.31. The second-order valence-corrected chi connectivity index (χ2v) is 5.38. The summed E-state index contributed by atoms with van der Waals surface area (Å²) in [7, 11) is 0. The summed E-state index contributed by atoms with van der Waals surface area (Å²) in [5.74, 6) is 0. The van der Waals surface area contributed by atoms with Crippen LogP contribution in [0.1, 0.15) is 38.5 Å². The van der Waals surface area contributed by atoms with Gasteiger partial charge in [-0.05, 0) is 36.5 Å². The highest BCUT2D eigenvalue weighted by atomic mass is 35.5. The summed E-state index contributed by atoms with van der Waals surface area (Å²) in [6.45, 7) is 0. The van der Waals surface area contributed by atoms with E-state index in [-0.39, 0.29) is 6.10 Å². The van der Waals surface area contributed by atoms with Crippen LogP contribution < -0.4 is 0 Å². The lowest BCUT2D eigenvalue weighted by atomic mass is 9.82. The fourth-order valence-electron chi connectivity index (χ4n) is 4.04. The average Bonchev–Trinajstić information content (AvgIpc) is 2.42. The molecule has 0 saturated heterocycles. The Morgan fingerprint density at radius 3 is 2.08 bits per heavy atom. The number of alkyl halides is 1. The molecule has 3 aliphatic carbocycles. The third-order valence-corrected chi connectivity index (χ3v) is 5.41. The van der Waals surface area contributed by atoms with Crippen molar-refractivity contribution in [1.82, 2.24) is 0 Å². The summed E-state index contributed by atoms with van der Waals surface area (Å²) in [5.41, 5.74) is 0.762. The predicted molar refractivity (Wildman–Crippen MR) is 48.2 cm³/mol. The number of aliphatic hydroxyl groups excluding tert-OH is 1. The van der Waals surface area contributed by atoms with Crippen LogP contribution in [-0.4, -0.2) is 16.6 Å². The highest BCUT2D eigenvalue weighted by molar-refractivity contribution is 6.24. The first-order valence-corrected chi connectivity index (χ1v) is 5.47. The van der Waals surface area contributed by atoms with E-state index in [2.05, 4.69) is 0 Å². The van der Waals surface area contributed by atoms with Crippen molar-refractivity contribution in [1.29, 1.82) is 0 Å². The molecule has 2 heteroatoms. The molecule has 0 bridgehead atoms. The lowest BCUT2D eigenvalue weighted by molar-refractivity contribution is 0.154. The van der Waals surface area contributed by atoms with E-state index in [9.17, 15) is 5.11 Å². The maximum Gasteiger partial charge on any atom is 0.0552 e. The van der Waals surface area contributed by atoms with Crippen LogP contribution in [0, 0.1) is 10.8 Å². The van der Waals surface area contributed by atoms with Crippen LogP contribution in [0.5, 0.6) is 0 Å². The minimum atomic E-state index is -0.0434. The van der Waals surface area contributed by atoms with E-state index < -0.39 is 0 Å². The van der Waals surface area contributed by atoms with Crippen molar-refractivity contribution in [3.63, 3.8) is 0 Å².